The van der Waals surface area contributed by atoms with Gasteiger partial charge in [-0.15, -0.1) is 0 Å². The molecule has 17 heavy (non-hydrogen) atoms. The number of aliphatic hydroxyl groups is 4. The Morgan fingerprint density at radius 2 is 1.76 bits per heavy atom. The van der Waals surface area contributed by atoms with Crippen molar-refractivity contribution in [1.82, 2.24) is 0 Å². The highest BCUT2D eigenvalue weighted by molar-refractivity contribution is 7.95. The molecule has 0 amide bonds. The van der Waals surface area contributed by atoms with E-state index < -0.39 is 37.3 Å². The summed E-state index contributed by atoms with van der Waals surface area (Å²) in [6.07, 6.45) is -1.78. The monoisotopic (exact) mass is 269 g/mol. The molecule has 1 aliphatic rings. The van der Waals surface area contributed by atoms with Crippen LogP contribution in [0, 0.1) is 0 Å². The summed E-state index contributed by atoms with van der Waals surface area (Å²) < 4.78 is 10.5. The van der Waals surface area contributed by atoms with Crippen molar-refractivity contribution >= 4 is 10.9 Å². The van der Waals surface area contributed by atoms with Crippen LogP contribution >= 0.6 is 0 Å². The van der Waals surface area contributed by atoms with E-state index in [2.05, 4.69) is 12.5 Å². The highest BCUT2D eigenvalue weighted by Crippen LogP contribution is 2.21. The third-order valence-electron chi connectivity index (χ3n) is 2.62. The smallest absolute Gasteiger partial charge is 0.186 e. The molecule has 7 heteroatoms. The van der Waals surface area contributed by atoms with Gasteiger partial charge in [-0.1, -0.05) is 0 Å². The van der Waals surface area contributed by atoms with E-state index in [0.29, 0.717) is 6.61 Å². The van der Waals surface area contributed by atoms with Gasteiger partial charge in [-0.25, -0.2) is 0 Å². The van der Waals surface area contributed by atoms with Crippen LogP contribution in [0.2, 0.25) is 0 Å². The largest absolute Gasteiger partial charge is 0.394 e. The number of hydrogen-bond acceptors (Lipinski definition) is 6. The van der Waals surface area contributed by atoms with Crippen molar-refractivity contribution in [3.63, 3.8) is 0 Å². The molecular formula is C10H21O6S+. The Bertz CT molecular complexity index is 225. The molecule has 4 N–H and O–H groups in total. The lowest BCUT2D eigenvalue weighted by molar-refractivity contribution is -0.299. The molecule has 102 valence electrons. The molecule has 0 bridgehead atoms. The molecule has 0 saturated carbocycles. The van der Waals surface area contributed by atoms with Crippen molar-refractivity contribution in [3.8, 4) is 0 Å². The number of hydrogen-bond donors (Lipinski definition) is 4. The molecule has 0 radical (unpaired) electrons. The van der Waals surface area contributed by atoms with E-state index in [4.69, 9.17) is 14.6 Å². The third-order valence-corrected chi connectivity index (χ3v) is 3.61. The summed E-state index contributed by atoms with van der Waals surface area (Å²) in [5, 5.41) is 37.7. The summed E-state index contributed by atoms with van der Waals surface area (Å²) in [6, 6.07) is 0. The van der Waals surface area contributed by atoms with Gasteiger partial charge in [-0.2, -0.15) is 0 Å². The van der Waals surface area contributed by atoms with Crippen molar-refractivity contribution in [2.75, 3.05) is 31.5 Å². The van der Waals surface area contributed by atoms with Gasteiger partial charge in [0.05, 0.1) is 25.7 Å². The van der Waals surface area contributed by atoms with E-state index in [9.17, 15) is 15.3 Å². The summed E-state index contributed by atoms with van der Waals surface area (Å²) in [7, 11) is 0.219. The zero-order chi connectivity index (χ0) is 13.0. The van der Waals surface area contributed by atoms with Gasteiger partial charge in [0.2, 0.25) is 0 Å². The van der Waals surface area contributed by atoms with Crippen molar-refractivity contribution in [3.05, 3.63) is 0 Å². The van der Waals surface area contributed by atoms with E-state index in [0.717, 1.165) is 5.75 Å². The molecule has 1 aliphatic heterocycles. The Kier molecular flexibility index (Phi) is 6.14. The van der Waals surface area contributed by atoms with E-state index >= 15 is 0 Å². The molecular weight excluding hydrogens is 248 g/mol. The molecule has 0 aromatic heterocycles. The molecule has 6 nitrogen and oxygen atoms in total. The fourth-order valence-electron chi connectivity index (χ4n) is 1.54. The Hall–Kier alpha value is 0.110. The maximum absolute atomic E-state index is 9.65. The lowest BCUT2D eigenvalue weighted by Crippen LogP contribution is -2.59. The van der Waals surface area contributed by atoms with Crippen molar-refractivity contribution in [1.29, 1.82) is 0 Å². The van der Waals surface area contributed by atoms with Crippen molar-refractivity contribution in [2.24, 2.45) is 0 Å². The Labute approximate surface area is 104 Å². The molecule has 1 saturated heterocycles. The van der Waals surface area contributed by atoms with Gasteiger partial charge in [-0.05, 0) is 10.9 Å². The van der Waals surface area contributed by atoms with Crippen LogP contribution in [0.25, 0.3) is 0 Å². The van der Waals surface area contributed by atoms with Gasteiger partial charge in [0, 0.05) is 0 Å². The van der Waals surface area contributed by atoms with E-state index in [1.807, 2.05) is 0 Å². The Morgan fingerprint density at radius 1 is 1.12 bits per heavy atom. The maximum Gasteiger partial charge on any atom is 0.186 e. The van der Waals surface area contributed by atoms with Crippen molar-refractivity contribution < 1.29 is 29.9 Å². The minimum Gasteiger partial charge on any atom is -0.394 e. The average Bonchev–Trinajstić information content (AvgIpc) is 2.29. The summed E-state index contributed by atoms with van der Waals surface area (Å²) in [5.41, 5.74) is 0. The second-order valence-electron chi connectivity index (χ2n) is 4.26. The van der Waals surface area contributed by atoms with Crippen LogP contribution in [0.3, 0.4) is 0 Å². The zero-order valence-electron chi connectivity index (χ0n) is 10.0. The topological polar surface area (TPSA) is 99.4 Å². The van der Waals surface area contributed by atoms with Gasteiger partial charge in [0.15, 0.2) is 6.29 Å². The molecule has 1 rings (SSSR count). The second-order valence-corrected chi connectivity index (χ2v) is 6.64. The first kappa shape index (κ1) is 15.2. The molecule has 0 aliphatic carbocycles. The van der Waals surface area contributed by atoms with Crippen molar-refractivity contribution in [2.45, 2.75) is 30.7 Å². The summed E-state index contributed by atoms with van der Waals surface area (Å²) in [6.45, 7) is -0.0322. The fraction of sp³-hybridized carbons (Fsp3) is 1.00. The van der Waals surface area contributed by atoms with Crippen LogP contribution < -0.4 is 0 Å². The SMILES string of the molecule is C[S+](C)CCO[C@@H]1OC(CO)[C@H](O)C(O)C1O. The number of aliphatic hydroxyl groups excluding tert-OH is 4. The summed E-state index contributed by atoms with van der Waals surface area (Å²) >= 11 is 0. The predicted octanol–water partition coefficient (Wildman–Crippen LogP) is -2.32. The minimum atomic E-state index is -1.37. The lowest BCUT2D eigenvalue weighted by atomic mass is 9.99. The second kappa shape index (κ2) is 6.89. The minimum absolute atomic E-state index is 0.219. The van der Waals surface area contributed by atoms with Gasteiger partial charge in [-0.3, -0.25) is 0 Å². The van der Waals surface area contributed by atoms with Gasteiger partial charge in [0.25, 0.3) is 0 Å². The molecule has 1 fully saturated rings. The lowest BCUT2D eigenvalue weighted by Gasteiger charge is -2.39. The van der Waals surface area contributed by atoms with Crippen LogP contribution in [0.5, 0.6) is 0 Å². The molecule has 1 heterocycles. The van der Waals surface area contributed by atoms with Crippen LogP contribution in [0.4, 0.5) is 0 Å². The standard InChI is InChI=1S/C10H21O6S/c1-17(2)4-3-15-10-9(14)8(13)7(12)6(5-11)16-10/h6-14H,3-5H2,1-2H3/q+1/t6?,7-,8?,9?,10+/m0/s1. The molecule has 0 aromatic rings. The first-order valence-electron chi connectivity index (χ1n) is 5.43. The first-order valence-corrected chi connectivity index (χ1v) is 7.64. The predicted molar refractivity (Wildman–Crippen MR) is 63.8 cm³/mol. The van der Waals surface area contributed by atoms with E-state index in [1.54, 1.807) is 0 Å². The molecule has 0 spiro atoms. The highest BCUT2D eigenvalue weighted by atomic mass is 32.2. The summed E-state index contributed by atoms with van der Waals surface area (Å²) in [5.74, 6) is 0.828. The first-order chi connectivity index (χ1) is 7.97. The summed E-state index contributed by atoms with van der Waals surface area (Å²) in [4.78, 5) is 0. The third kappa shape index (κ3) is 4.06. The number of ether oxygens (including phenoxy) is 2. The van der Waals surface area contributed by atoms with Gasteiger partial charge >= 0.3 is 0 Å². The Balaban J connectivity index is 2.47. The molecule has 3 unspecified atom stereocenters. The van der Waals surface area contributed by atoms with Gasteiger partial charge in [0.1, 0.15) is 30.2 Å². The molecule has 5 atom stereocenters. The normalized spacial score (nSPS) is 38.6. The fourth-order valence-corrected chi connectivity index (χ4v) is 1.97. The molecule has 0 aromatic carbocycles. The van der Waals surface area contributed by atoms with Crippen LogP contribution in [-0.2, 0) is 20.4 Å². The average molecular weight is 269 g/mol. The highest BCUT2D eigenvalue weighted by Gasteiger charge is 2.43. The van der Waals surface area contributed by atoms with E-state index in [-0.39, 0.29) is 10.9 Å². The van der Waals surface area contributed by atoms with Crippen LogP contribution in [0.15, 0.2) is 0 Å². The van der Waals surface area contributed by atoms with Crippen LogP contribution in [0.1, 0.15) is 0 Å². The number of rotatable bonds is 5. The maximum atomic E-state index is 9.65. The van der Waals surface area contributed by atoms with Crippen LogP contribution in [-0.4, -0.2) is 82.6 Å². The van der Waals surface area contributed by atoms with E-state index in [1.165, 1.54) is 0 Å². The zero-order valence-corrected chi connectivity index (χ0v) is 10.8. The quantitative estimate of drug-likeness (QED) is 0.418. The Morgan fingerprint density at radius 3 is 2.29 bits per heavy atom. The van der Waals surface area contributed by atoms with Gasteiger partial charge < -0.3 is 29.9 Å².